The molecular formula is C17H18N4O6. The van der Waals surface area contributed by atoms with E-state index in [1.165, 1.54) is 0 Å². The van der Waals surface area contributed by atoms with Crippen LogP contribution < -0.4 is 25.4 Å². The Balaban J connectivity index is 1.33. The number of carbonyl (C=O) groups excluding carboxylic acids is 4. The third-order valence-electron chi connectivity index (χ3n) is 4.88. The van der Waals surface area contributed by atoms with Gasteiger partial charge in [-0.25, -0.2) is 9.59 Å². The van der Waals surface area contributed by atoms with Crippen LogP contribution in [-0.2, 0) is 9.59 Å². The summed E-state index contributed by atoms with van der Waals surface area (Å²) in [6, 6.07) is 3.38. The van der Waals surface area contributed by atoms with Crippen molar-refractivity contribution in [2.24, 2.45) is 5.92 Å². The van der Waals surface area contributed by atoms with Crippen molar-refractivity contribution >= 4 is 29.6 Å². The molecule has 1 aromatic carbocycles. The molecule has 0 spiro atoms. The Labute approximate surface area is 154 Å². The number of fused-ring (bicyclic) bond motifs is 1. The maximum atomic E-state index is 12.5. The van der Waals surface area contributed by atoms with Crippen molar-refractivity contribution in [1.29, 1.82) is 0 Å². The number of nitrogens with zero attached hydrogens (tertiary/aromatic N) is 1. The predicted octanol–water partition coefficient (Wildman–Crippen LogP) is 0.784. The van der Waals surface area contributed by atoms with Crippen LogP contribution in [0.5, 0.6) is 11.5 Å². The molecule has 27 heavy (non-hydrogen) atoms. The van der Waals surface area contributed by atoms with Crippen LogP contribution in [0.1, 0.15) is 19.8 Å². The Morgan fingerprint density at radius 1 is 1.26 bits per heavy atom. The molecule has 1 saturated heterocycles. The first-order valence-corrected chi connectivity index (χ1v) is 8.51. The van der Waals surface area contributed by atoms with Gasteiger partial charge in [0, 0.05) is 11.8 Å². The fraction of sp³-hybridized carbons (Fsp3) is 0.412. The summed E-state index contributed by atoms with van der Waals surface area (Å²) in [5, 5.41) is 7.23. The second kappa shape index (κ2) is 6.15. The van der Waals surface area contributed by atoms with Crippen molar-refractivity contribution < 1.29 is 28.7 Å². The summed E-state index contributed by atoms with van der Waals surface area (Å²) in [5.41, 5.74) is -0.563. The Hall–Kier alpha value is -3.30. The van der Waals surface area contributed by atoms with Crippen LogP contribution in [0.25, 0.3) is 0 Å². The summed E-state index contributed by atoms with van der Waals surface area (Å²) in [6.07, 6.45) is 1.72. The number of anilines is 1. The van der Waals surface area contributed by atoms with Crippen LogP contribution in [-0.4, -0.2) is 47.7 Å². The van der Waals surface area contributed by atoms with Gasteiger partial charge < -0.3 is 20.1 Å². The molecule has 0 aromatic heterocycles. The minimum atomic E-state index is -0.966. The Bertz CT molecular complexity index is 852. The summed E-state index contributed by atoms with van der Waals surface area (Å²) in [5.74, 6) is -0.0680. The van der Waals surface area contributed by atoms with E-state index in [1.54, 1.807) is 25.1 Å². The number of amides is 6. The average molecular weight is 374 g/mol. The number of nitrogens with one attached hydrogen (secondary N) is 3. The molecule has 1 atom stereocenters. The molecule has 0 radical (unpaired) electrons. The lowest BCUT2D eigenvalue weighted by Crippen LogP contribution is -2.47. The topological polar surface area (TPSA) is 126 Å². The standard InChI is InChI=1S/C17H18N4O6/c1-17(9-2-3-9)14(23)21(16(25)20-17)7-13(22)19-15(24)18-10-4-5-11-12(6-10)27-8-26-11/h4-6,9H,2-3,7-8H2,1H3,(H,20,25)(H2,18,19,22,24)/t17-/m1/s1. The third kappa shape index (κ3) is 3.14. The van der Waals surface area contributed by atoms with Crippen molar-refractivity contribution in [2.75, 3.05) is 18.7 Å². The number of hydrogen-bond acceptors (Lipinski definition) is 6. The van der Waals surface area contributed by atoms with Gasteiger partial charge in [-0.3, -0.25) is 19.8 Å². The van der Waals surface area contributed by atoms with Crippen molar-refractivity contribution in [3.05, 3.63) is 18.2 Å². The molecule has 2 fully saturated rings. The van der Waals surface area contributed by atoms with Crippen molar-refractivity contribution in [3.8, 4) is 11.5 Å². The highest BCUT2D eigenvalue weighted by atomic mass is 16.7. The van der Waals surface area contributed by atoms with Gasteiger partial charge in [-0.2, -0.15) is 0 Å². The molecule has 1 aliphatic carbocycles. The SMILES string of the molecule is C[C@]1(C2CC2)NC(=O)N(CC(=O)NC(=O)Nc2ccc3c(c2)OCO3)C1=O. The van der Waals surface area contributed by atoms with Gasteiger partial charge in [0.1, 0.15) is 12.1 Å². The zero-order chi connectivity index (χ0) is 19.2. The van der Waals surface area contributed by atoms with Crippen molar-refractivity contribution in [1.82, 2.24) is 15.5 Å². The zero-order valence-electron chi connectivity index (χ0n) is 14.5. The van der Waals surface area contributed by atoms with Gasteiger partial charge in [-0.1, -0.05) is 0 Å². The van der Waals surface area contributed by atoms with Crippen LogP contribution in [0, 0.1) is 5.92 Å². The highest BCUT2D eigenvalue weighted by molar-refractivity contribution is 6.10. The Morgan fingerprint density at radius 2 is 2.00 bits per heavy atom. The normalized spacial score (nSPS) is 23.2. The number of hydrogen-bond donors (Lipinski definition) is 3. The molecule has 10 heteroatoms. The number of ether oxygens (including phenoxy) is 2. The average Bonchev–Trinajstić information content (AvgIpc) is 3.33. The second-order valence-electron chi connectivity index (χ2n) is 6.87. The smallest absolute Gasteiger partial charge is 0.325 e. The minimum Gasteiger partial charge on any atom is -0.454 e. The van der Waals surface area contributed by atoms with Gasteiger partial charge in [0.15, 0.2) is 11.5 Å². The van der Waals surface area contributed by atoms with E-state index in [2.05, 4.69) is 16.0 Å². The van der Waals surface area contributed by atoms with E-state index in [0.29, 0.717) is 17.2 Å². The first-order chi connectivity index (χ1) is 12.9. The molecule has 4 rings (SSSR count). The minimum absolute atomic E-state index is 0.0938. The summed E-state index contributed by atoms with van der Waals surface area (Å²) < 4.78 is 10.4. The number of rotatable bonds is 4. The zero-order valence-corrected chi connectivity index (χ0v) is 14.5. The van der Waals surface area contributed by atoms with Crippen LogP contribution in [0.4, 0.5) is 15.3 Å². The van der Waals surface area contributed by atoms with Gasteiger partial charge >= 0.3 is 12.1 Å². The summed E-state index contributed by atoms with van der Waals surface area (Å²) in [6.45, 7) is 1.24. The molecule has 3 aliphatic rings. The van der Waals surface area contributed by atoms with Crippen molar-refractivity contribution in [2.45, 2.75) is 25.3 Å². The van der Waals surface area contributed by atoms with Gasteiger partial charge in [0.25, 0.3) is 5.91 Å². The molecule has 142 valence electrons. The Morgan fingerprint density at radius 3 is 2.74 bits per heavy atom. The molecule has 6 amide bonds. The van der Waals surface area contributed by atoms with Gasteiger partial charge in [0.2, 0.25) is 12.7 Å². The first kappa shape index (κ1) is 17.1. The molecule has 2 aliphatic heterocycles. The fourth-order valence-corrected chi connectivity index (χ4v) is 3.24. The van der Waals surface area contributed by atoms with Crippen LogP contribution in [0.3, 0.4) is 0 Å². The maximum absolute atomic E-state index is 12.5. The van der Waals surface area contributed by atoms with Crippen LogP contribution >= 0.6 is 0 Å². The van der Waals surface area contributed by atoms with Crippen molar-refractivity contribution in [3.63, 3.8) is 0 Å². The highest BCUT2D eigenvalue weighted by Gasteiger charge is 2.56. The quantitative estimate of drug-likeness (QED) is 0.669. The predicted molar refractivity (Wildman–Crippen MR) is 91.1 cm³/mol. The molecular weight excluding hydrogens is 356 g/mol. The molecule has 1 saturated carbocycles. The van der Waals surface area contributed by atoms with Gasteiger partial charge in [0.05, 0.1) is 0 Å². The van der Waals surface area contributed by atoms with E-state index in [0.717, 1.165) is 17.7 Å². The molecule has 0 unspecified atom stereocenters. The molecule has 2 heterocycles. The molecule has 1 aromatic rings. The van der Waals surface area contributed by atoms with Gasteiger partial charge in [-0.15, -0.1) is 0 Å². The molecule has 3 N–H and O–H groups in total. The lowest BCUT2D eigenvalue weighted by molar-refractivity contribution is -0.134. The Kier molecular flexibility index (Phi) is 3.90. The fourth-order valence-electron chi connectivity index (χ4n) is 3.24. The monoisotopic (exact) mass is 374 g/mol. The molecule has 0 bridgehead atoms. The van der Waals surface area contributed by atoms with Crippen LogP contribution in [0.15, 0.2) is 18.2 Å². The maximum Gasteiger partial charge on any atom is 0.325 e. The van der Waals surface area contributed by atoms with E-state index < -0.39 is 36.0 Å². The number of imide groups is 2. The van der Waals surface area contributed by atoms with E-state index >= 15 is 0 Å². The highest BCUT2D eigenvalue weighted by Crippen LogP contribution is 2.42. The van der Waals surface area contributed by atoms with Gasteiger partial charge in [-0.05, 0) is 37.8 Å². The number of urea groups is 2. The largest absolute Gasteiger partial charge is 0.454 e. The summed E-state index contributed by atoms with van der Waals surface area (Å²) >= 11 is 0. The van der Waals surface area contributed by atoms with Crippen LogP contribution in [0.2, 0.25) is 0 Å². The first-order valence-electron chi connectivity index (χ1n) is 8.51. The second-order valence-corrected chi connectivity index (χ2v) is 6.87. The summed E-state index contributed by atoms with van der Waals surface area (Å²) in [4.78, 5) is 49.4. The lowest BCUT2D eigenvalue weighted by Gasteiger charge is -2.20. The number of carbonyl (C=O) groups is 4. The van der Waals surface area contributed by atoms with E-state index in [1.807, 2.05) is 0 Å². The summed E-state index contributed by atoms with van der Waals surface area (Å²) in [7, 11) is 0. The van der Waals surface area contributed by atoms with E-state index in [9.17, 15) is 19.2 Å². The third-order valence-corrected chi connectivity index (χ3v) is 4.88. The van der Waals surface area contributed by atoms with E-state index in [4.69, 9.17) is 9.47 Å². The van der Waals surface area contributed by atoms with E-state index in [-0.39, 0.29) is 12.7 Å². The molecule has 10 nitrogen and oxygen atoms in total. The lowest BCUT2D eigenvalue weighted by atomic mass is 9.96. The number of benzene rings is 1.